The van der Waals surface area contributed by atoms with Crippen LogP contribution in [0.25, 0.3) is 0 Å². The molecule has 5 nitrogen and oxygen atoms in total. The van der Waals surface area contributed by atoms with E-state index in [1.165, 1.54) is 11.6 Å². The van der Waals surface area contributed by atoms with Crippen LogP contribution in [0.3, 0.4) is 0 Å². The summed E-state index contributed by atoms with van der Waals surface area (Å²) < 4.78 is 5.37. The third-order valence-corrected chi connectivity index (χ3v) is 2.65. The second-order valence-corrected chi connectivity index (χ2v) is 5.59. The Morgan fingerprint density at radius 1 is 1.45 bits per heavy atom. The molecule has 0 atom stereocenters. The van der Waals surface area contributed by atoms with Gasteiger partial charge in [0.25, 0.3) is 0 Å². The summed E-state index contributed by atoms with van der Waals surface area (Å²) in [5, 5.41) is 14.3. The standard InChI is InChI=1S/C14H19ClN2O3/c1-14(2,3)16-10-11-5-6-12(17(18)19)13(9-11)20-8-4-7-15/h4-7,9,16H,8,10H2,1-3H3. The largest absolute Gasteiger partial charge is 0.483 e. The third-order valence-electron chi connectivity index (χ3n) is 2.47. The molecule has 0 unspecified atom stereocenters. The van der Waals surface area contributed by atoms with Gasteiger partial charge < -0.3 is 10.1 Å². The molecule has 1 rings (SSSR count). The van der Waals surface area contributed by atoms with Gasteiger partial charge in [-0.15, -0.1) is 0 Å². The van der Waals surface area contributed by atoms with Crippen molar-refractivity contribution in [2.24, 2.45) is 0 Å². The monoisotopic (exact) mass is 298 g/mol. The van der Waals surface area contributed by atoms with E-state index in [0.717, 1.165) is 5.56 Å². The molecule has 0 aromatic heterocycles. The van der Waals surface area contributed by atoms with Crippen LogP contribution >= 0.6 is 11.6 Å². The van der Waals surface area contributed by atoms with Crippen molar-refractivity contribution < 1.29 is 9.66 Å². The fraction of sp³-hybridized carbons (Fsp3) is 0.429. The van der Waals surface area contributed by atoms with E-state index in [2.05, 4.69) is 26.1 Å². The van der Waals surface area contributed by atoms with Gasteiger partial charge in [0.05, 0.1) is 4.92 Å². The molecule has 1 aromatic carbocycles. The van der Waals surface area contributed by atoms with Crippen LogP contribution in [0.4, 0.5) is 5.69 Å². The molecule has 0 spiro atoms. The van der Waals surface area contributed by atoms with Crippen molar-refractivity contribution in [1.29, 1.82) is 0 Å². The number of ether oxygens (including phenoxy) is 1. The number of nitrogens with one attached hydrogen (secondary N) is 1. The maximum atomic E-state index is 10.9. The number of halogens is 1. The van der Waals surface area contributed by atoms with Gasteiger partial charge in [-0.2, -0.15) is 0 Å². The van der Waals surface area contributed by atoms with Crippen LogP contribution in [0.2, 0.25) is 0 Å². The molecule has 0 saturated heterocycles. The van der Waals surface area contributed by atoms with E-state index in [1.807, 2.05) is 0 Å². The zero-order chi connectivity index (χ0) is 15.2. The molecule has 0 amide bonds. The SMILES string of the molecule is CC(C)(C)NCc1ccc([N+](=O)[O-])c(OCC=CCl)c1. The van der Waals surface area contributed by atoms with Crippen molar-refractivity contribution in [2.75, 3.05) is 6.61 Å². The van der Waals surface area contributed by atoms with Gasteiger partial charge in [-0.1, -0.05) is 17.7 Å². The van der Waals surface area contributed by atoms with E-state index in [4.69, 9.17) is 16.3 Å². The summed E-state index contributed by atoms with van der Waals surface area (Å²) in [6, 6.07) is 4.86. The molecule has 1 N–H and O–H groups in total. The fourth-order valence-corrected chi connectivity index (χ4v) is 1.55. The lowest BCUT2D eigenvalue weighted by atomic mass is 10.1. The highest BCUT2D eigenvalue weighted by Crippen LogP contribution is 2.28. The van der Waals surface area contributed by atoms with Crippen LogP contribution in [-0.4, -0.2) is 17.1 Å². The molecule has 0 saturated carbocycles. The van der Waals surface area contributed by atoms with Crippen molar-refractivity contribution in [3.63, 3.8) is 0 Å². The van der Waals surface area contributed by atoms with Gasteiger partial charge in [-0.05, 0) is 38.5 Å². The fourth-order valence-electron chi connectivity index (χ4n) is 1.48. The Morgan fingerprint density at radius 2 is 2.15 bits per heavy atom. The topological polar surface area (TPSA) is 64.4 Å². The molecule has 20 heavy (non-hydrogen) atoms. The van der Waals surface area contributed by atoms with Gasteiger partial charge in [0.1, 0.15) is 6.61 Å². The predicted octanol–water partition coefficient (Wildman–Crippen LogP) is 3.61. The molecule has 0 bridgehead atoms. The first kappa shape index (κ1) is 16.5. The van der Waals surface area contributed by atoms with Crippen molar-refractivity contribution in [2.45, 2.75) is 32.9 Å². The number of nitro groups is 1. The maximum absolute atomic E-state index is 10.9. The van der Waals surface area contributed by atoms with Gasteiger partial charge in [-0.25, -0.2) is 0 Å². The average Bonchev–Trinajstić information content (AvgIpc) is 2.36. The number of benzene rings is 1. The molecule has 0 radical (unpaired) electrons. The molecular formula is C14H19ClN2O3. The van der Waals surface area contributed by atoms with Crippen LogP contribution in [0, 0.1) is 10.1 Å². The van der Waals surface area contributed by atoms with Crippen molar-refractivity contribution >= 4 is 17.3 Å². The molecular weight excluding hydrogens is 280 g/mol. The third kappa shape index (κ3) is 5.59. The second kappa shape index (κ2) is 7.26. The molecule has 0 heterocycles. The normalized spacial score (nSPS) is 11.8. The van der Waals surface area contributed by atoms with Gasteiger partial charge in [0.15, 0.2) is 5.75 Å². The number of rotatable bonds is 6. The van der Waals surface area contributed by atoms with Crippen molar-refractivity contribution in [1.82, 2.24) is 5.32 Å². The van der Waals surface area contributed by atoms with E-state index in [1.54, 1.807) is 18.2 Å². The first-order valence-electron chi connectivity index (χ1n) is 6.24. The molecule has 0 aliphatic heterocycles. The van der Waals surface area contributed by atoms with Crippen LogP contribution < -0.4 is 10.1 Å². The Labute approximate surface area is 123 Å². The van der Waals surface area contributed by atoms with Crippen molar-refractivity contribution in [3.05, 3.63) is 45.5 Å². The highest BCUT2D eigenvalue weighted by atomic mass is 35.5. The smallest absolute Gasteiger partial charge is 0.310 e. The average molecular weight is 299 g/mol. The van der Waals surface area contributed by atoms with Crippen LogP contribution in [-0.2, 0) is 6.54 Å². The van der Waals surface area contributed by atoms with Crippen LogP contribution in [0.15, 0.2) is 29.8 Å². The summed E-state index contributed by atoms with van der Waals surface area (Å²) in [6.45, 7) is 6.98. The summed E-state index contributed by atoms with van der Waals surface area (Å²) in [5.74, 6) is 0.248. The van der Waals surface area contributed by atoms with E-state index in [0.29, 0.717) is 6.54 Å². The molecule has 0 aliphatic carbocycles. The molecule has 0 fully saturated rings. The minimum Gasteiger partial charge on any atom is -0.483 e. The number of hydrogen-bond acceptors (Lipinski definition) is 4. The highest BCUT2D eigenvalue weighted by Gasteiger charge is 2.16. The second-order valence-electron chi connectivity index (χ2n) is 5.34. The zero-order valence-electron chi connectivity index (χ0n) is 11.9. The Morgan fingerprint density at radius 3 is 2.70 bits per heavy atom. The van der Waals surface area contributed by atoms with E-state index >= 15 is 0 Å². The van der Waals surface area contributed by atoms with Gasteiger partial charge in [-0.3, -0.25) is 10.1 Å². The Hall–Kier alpha value is -1.59. The summed E-state index contributed by atoms with van der Waals surface area (Å²) in [7, 11) is 0. The highest BCUT2D eigenvalue weighted by molar-refractivity contribution is 6.25. The number of nitro benzene ring substituents is 1. The minimum absolute atomic E-state index is 0.0237. The summed E-state index contributed by atoms with van der Waals surface area (Å²) in [5.41, 5.74) is 2.17. The Kier molecular flexibility index (Phi) is 5.98. The first-order valence-corrected chi connectivity index (χ1v) is 6.67. The molecule has 110 valence electrons. The van der Waals surface area contributed by atoms with Gasteiger partial charge in [0.2, 0.25) is 0 Å². The van der Waals surface area contributed by atoms with Crippen molar-refractivity contribution in [3.8, 4) is 5.75 Å². The number of hydrogen-bond donors (Lipinski definition) is 1. The van der Waals surface area contributed by atoms with Crippen LogP contribution in [0.1, 0.15) is 26.3 Å². The molecule has 0 aliphatic rings. The first-order chi connectivity index (χ1) is 9.33. The van der Waals surface area contributed by atoms with Crippen LogP contribution in [0.5, 0.6) is 5.75 Å². The lowest BCUT2D eigenvalue weighted by Gasteiger charge is -2.20. The lowest BCUT2D eigenvalue weighted by Crippen LogP contribution is -2.35. The summed E-state index contributed by atoms with van der Waals surface area (Å²) in [6.07, 6.45) is 1.57. The van der Waals surface area contributed by atoms with Gasteiger partial charge >= 0.3 is 5.69 Å². The summed E-state index contributed by atoms with van der Waals surface area (Å²) >= 11 is 5.40. The minimum atomic E-state index is -0.458. The van der Waals surface area contributed by atoms with E-state index in [-0.39, 0.29) is 23.6 Å². The Bertz CT molecular complexity index is 496. The van der Waals surface area contributed by atoms with E-state index in [9.17, 15) is 10.1 Å². The lowest BCUT2D eigenvalue weighted by molar-refractivity contribution is -0.385. The van der Waals surface area contributed by atoms with Gasteiger partial charge in [0, 0.05) is 23.7 Å². The molecule has 6 heteroatoms. The van der Waals surface area contributed by atoms with E-state index < -0.39 is 4.92 Å². The summed E-state index contributed by atoms with van der Waals surface area (Å²) in [4.78, 5) is 10.5. The predicted molar refractivity (Wildman–Crippen MR) is 80.2 cm³/mol. The maximum Gasteiger partial charge on any atom is 0.310 e. The number of nitrogens with zero attached hydrogens (tertiary/aromatic N) is 1. The molecule has 1 aromatic rings. The Balaban J connectivity index is 2.89. The quantitative estimate of drug-likeness (QED) is 0.643. The zero-order valence-corrected chi connectivity index (χ0v) is 12.6.